The molecule has 1 aliphatic carbocycles. The van der Waals surface area contributed by atoms with Crippen LogP contribution in [0.1, 0.15) is 48.9 Å². The Labute approximate surface area is 222 Å². The lowest BCUT2D eigenvalue weighted by molar-refractivity contribution is 0.102. The average Bonchev–Trinajstić information content (AvgIpc) is 3.68. The molecule has 5 rings (SSSR count). The minimum atomic E-state index is -0.784. The van der Waals surface area contributed by atoms with E-state index in [-0.39, 0.29) is 12.5 Å². The SMILES string of the molecule is COc1ccc(NC(=O)c2ccc(SNCCO)cc2N2CCC3(CC2)CC3)nc1N1CCC(F)CC1. The third kappa shape index (κ3) is 6.13. The molecule has 0 radical (unpaired) electrons. The van der Waals surface area contributed by atoms with Crippen molar-refractivity contribution in [1.29, 1.82) is 0 Å². The second kappa shape index (κ2) is 11.4. The molecule has 1 aromatic carbocycles. The van der Waals surface area contributed by atoms with E-state index < -0.39 is 6.17 Å². The fraction of sp³-hybridized carbons (Fsp3) is 0.556. The molecule has 2 aromatic rings. The number of rotatable bonds is 9. The molecule has 1 aromatic heterocycles. The van der Waals surface area contributed by atoms with Crippen molar-refractivity contribution in [2.45, 2.75) is 49.6 Å². The Morgan fingerprint density at radius 1 is 1.14 bits per heavy atom. The number of amides is 1. The van der Waals surface area contributed by atoms with Gasteiger partial charge in [0.2, 0.25) is 0 Å². The summed E-state index contributed by atoms with van der Waals surface area (Å²) in [5, 5.41) is 12.1. The van der Waals surface area contributed by atoms with Gasteiger partial charge in [0.25, 0.3) is 5.91 Å². The highest BCUT2D eigenvalue weighted by Gasteiger charge is 2.44. The molecule has 10 heteroatoms. The zero-order chi connectivity index (χ0) is 25.8. The third-order valence-corrected chi connectivity index (χ3v) is 8.60. The van der Waals surface area contributed by atoms with Crippen molar-refractivity contribution in [2.75, 3.05) is 61.6 Å². The van der Waals surface area contributed by atoms with E-state index in [1.165, 1.54) is 24.8 Å². The van der Waals surface area contributed by atoms with Crippen LogP contribution in [0.2, 0.25) is 0 Å². The van der Waals surface area contributed by atoms with Gasteiger partial charge >= 0.3 is 0 Å². The zero-order valence-electron chi connectivity index (χ0n) is 21.3. The summed E-state index contributed by atoms with van der Waals surface area (Å²) in [6.07, 6.45) is 5.10. The summed E-state index contributed by atoms with van der Waals surface area (Å²) in [6.45, 7) is 3.56. The molecule has 3 fully saturated rings. The van der Waals surface area contributed by atoms with Gasteiger partial charge < -0.3 is 25.0 Å². The first-order chi connectivity index (χ1) is 18.0. The van der Waals surface area contributed by atoms with E-state index in [1.807, 2.05) is 17.0 Å². The summed E-state index contributed by atoms with van der Waals surface area (Å²) in [5.74, 6) is 1.45. The van der Waals surface area contributed by atoms with Crippen LogP contribution in [0.3, 0.4) is 0 Å². The van der Waals surface area contributed by atoms with Gasteiger partial charge in [-0.2, -0.15) is 0 Å². The summed E-state index contributed by atoms with van der Waals surface area (Å²) in [4.78, 5) is 23.6. The highest BCUT2D eigenvalue weighted by molar-refractivity contribution is 7.97. The molecular weight excluding hydrogens is 493 g/mol. The zero-order valence-corrected chi connectivity index (χ0v) is 22.2. The first kappa shape index (κ1) is 26.1. The summed E-state index contributed by atoms with van der Waals surface area (Å²) in [5.41, 5.74) is 2.06. The van der Waals surface area contributed by atoms with Gasteiger partial charge in [-0.25, -0.2) is 9.37 Å². The van der Waals surface area contributed by atoms with Crippen LogP contribution in [0, 0.1) is 5.41 Å². The summed E-state index contributed by atoms with van der Waals surface area (Å²) in [6, 6.07) is 9.39. The number of nitrogens with zero attached hydrogens (tertiary/aromatic N) is 3. The largest absolute Gasteiger partial charge is 0.493 e. The molecule has 3 heterocycles. The van der Waals surface area contributed by atoms with Crippen molar-refractivity contribution in [1.82, 2.24) is 9.71 Å². The van der Waals surface area contributed by atoms with E-state index in [0.717, 1.165) is 36.5 Å². The van der Waals surface area contributed by atoms with Crippen LogP contribution in [0.15, 0.2) is 35.2 Å². The molecule has 0 unspecified atom stereocenters. The van der Waals surface area contributed by atoms with Gasteiger partial charge in [-0.05, 0) is 86.2 Å². The molecule has 2 saturated heterocycles. The second-order valence-corrected chi connectivity index (χ2v) is 11.2. The number of hydrogen-bond acceptors (Lipinski definition) is 8. The van der Waals surface area contributed by atoms with Crippen LogP contribution < -0.4 is 24.6 Å². The minimum absolute atomic E-state index is 0.0667. The summed E-state index contributed by atoms with van der Waals surface area (Å²) in [7, 11) is 1.59. The monoisotopic (exact) mass is 529 g/mol. The van der Waals surface area contributed by atoms with Crippen molar-refractivity contribution in [3.63, 3.8) is 0 Å². The number of alkyl halides is 1. The van der Waals surface area contributed by atoms with Crippen LogP contribution in [0.5, 0.6) is 5.75 Å². The second-order valence-electron chi connectivity index (χ2n) is 10.2. The number of aliphatic hydroxyl groups excluding tert-OH is 1. The van der Waals surface area contributed by atoms with Crippen LogP contribution in [-0.2, 0) is 0 Å². The predicted octanol–water partition coefficient (Wildman–Crippen LogP) is 4.25. The van der Waals surface area contributed by atoms with Gasteiger partial charge in [0.15, 0.2) is 11.6 Å². The number of carbonyl (C=O) groups is 1. The van der Waals surface area contributed by atoms with E-state index in [4.69, 9.17) is 9.84 Å². The third-order valence-electron chi connectivity index (χ3n) is 7.76. The molecule has 200 valence electrons. The van der Waals surface area contributed by atoms with Gasteiger partial charge in [0.05, 0.1) is 25.0 Å². The number of nitrogens with one attached hydrogen (secondary N) is 2. The van der Waals surface area contributed by atoms with Crippen molar-refractivity contribution in [3.05, 3.63) is 35.9 Å². The normalized spacial score (nSPS) is 19.2. The highest BCUT2D eigenvalue weighted by atomic mass is 32.2. The molecule has 0 atom stereocenters. The molecule has 37 heavy (non-hydrogen) atoms. The molecule has 3 aliphatic rings. The van der Waals surface area contributed by atoms with E-state index in [0.29, 0.717) is 60.8 Å². The number of piperidine rings is 2. The van der Waals surface area contributed by atoms with Gasteiger partial charge in [0, 0.05) is 37.6 Å². The Bertz CT molecular complexity index is 1100. The minimum Gasteiger partial charge on any atom is -0.493 e. The van der Waals surface area contributed by atoms with Gasteiger partial charge in [-0.1, -0.05) is 0 Å². The van der Waals surface area contributed by atoms with Crippen molar-refractivity contribution >= 4 is 35.2 Å². The van der Waals surface area contributed by atoms with Gasteiger partial charge in [-0.15, -0.1) is 0 Å². The van der Waals surface area contributed by atoms with E-state index in [1.54, 1.807) is 19.2 Å². The van der Waals surface area contributed by atoms with Crippen molar-refractivity contribution in [3.8, 4) is 5.75 Å². The number of aliphatic hydroxyl groups is 1. The predicted molar refractivity (Wildman–Crippen MR) is 146 cm³/mol. The average molecular weight is 530 g/mol. The molecular formula is C27H36FN5O3S. The Morgan fingerprint density at radius 3 is 2.57 bits per heavy atom. The molecule has 8 nitrogen and oxygen atoms in total. The first-order valence-electron chi connectivity index (χ1n) is 13.2. The number of hydrogen-bond donors (Lipinski definition) is 3. The molecule has 1 saturated carbocycles. The Morgan fingerprint density at radius 2 is 1.89 bits per heavy atom. The lowest BCUT2D eigenvalue weighted by Gasteiger charge is -2.35. The van der Waals surface area contributed by atoms with E-state index in [2.05, 4.69) is 26.0 Å². The topological polar surface area (TPSA) is 90.0 Å². The Balaban J connectivity index is 1.36. The lowest BCUT2D eigenvalue weighted by Crippen LogP contribution is -2.36. The molecule has 0 bridgehead atoms. The van der Waals surface area contributed by atoms with Crippen LogP contribution >= 0.6 is 11.9 Å². The standard InChI is InChI=1S/C27H36FN5O3S/c1-36-23-4-5-24(30-25(23)33-13-6-19(28)7-14-33)31-26(35)21-3-2-20(37-29-12-17-34)18-22(21)32-15-10-27(8-9-27)11-16-32/h2-5,18-19,29,34H,6-17H2,1H3,(H,30,31,35). The fourth-order valence-electron chi connectivity index (χ4n) is 5.24. The summed E-state index contributed by atoms with van der Waals surface area (Å²) >= 11 is 1.45. The quantitative estimate of drug-likeness (QED) is 0.328. The van der Waals surface area contributed by atoms with Gasteiger partial charge in [-0.3, -0.25) is 9.52 Å². The Kier molecular flexibility index (Phi) is 8.07. The summed E-state index contributed by atoms with van der Waals surface area (Å²) < 4.78 is 22.3. The van der Waals surface area contributed by atoms with Crippen LogP contribution in [-0.4, -0.2) is 68.6 Å². The van der Waals surface area contributed by atoms with Crippen molar-refractivity contribution < 1.29 is 19.0 Å². The maximum Gasteiger partial charge on any atom is 0.258 e. The van der Waals surface area contributed by atoms with Crippen LogP contribution in [0.4, 0.5) is 21.7 Å². The maximum absolute atomic E-state index is 13.7. The molecule has 1 amide bonds. The number of halogens is 1. The lowest BCUT2D eigenvalue weighted by atomic mass is 9.93. The number of methoxy groups -OCH3 is 1. The number of aromatic nitrogens is 1. The fourth-order valence-corrected chi connectivity index (χ4v) is 5.91. The highest BCUT2D eigenvalue weighted by Crippen LogP contribution is 2.54. The molecule has 3 N–H and O–H groups in total. The molecule has 1 spiro atoms. The number of ether oxygens (including phenoxy) is 1. The van der Waals surface area contributed by atoms with Crippen molar-refractivity contribution in [2.24, 2.45) is 5.41 Å². The number of pyridine rings is 1. The van der Waals surface area contributed by atoms with Gasteiger partial charge in [0.1, 0.15) is 12.0 Å². The number of carbonyl (C=O) groups excluding carboxylic acids is 1. The number of anilines is 3. The van der Waals surface area contributed by atoms with E-state index >= 15 is 0 Å². The van der Waals surface area contributed by atoms with Crippen LogP contribution in [0.25, 0.3) is 0 Å². The Hall–Kier alpha value is -2.56. The van der Waals surface area contributed by atoms with E-state index in [9.17, 15) is 9.18 Å². The maximum atomic E-state index is 13.7. The number of benzene rings is 1. The molecule has 2 aliphatic heterocycles. The first-order valence-corrected chi connectivity index (χ1v) is 14.0. The smallest absolute Gasteiger partial charge is 0.258 e.